The van der Waals surface area contributed by atoms with Crippen molar-refractivity contribution in [3.8, 4) is 10.6 Å². The van der Waals surface area contributed by atoms with Gasteiger partial charge in [0.15, 0.2) is 0 Å². The molecule has 0 aliphatic rings. The molecule has 0 saturated carbocycles. The van der Waals surface area contributed by atoms with E-state index < -0.39 is 0 Å². The predicted molar refractivity (Wildman–Crippen MR) is 83.1 cm³/mol. The van der Waals surface area contributed by atoms with Gasteiger partial charge in [-0.2, -0.15) is 0 Å². The lowest BCUT2D eigenvalue weighted by Gasteiger charge is -2.09. The van der Waals surface area contributed by atoms with E-state index in [1.165, 1.54) is 11.3 Å². The Labute approximate surface area is 123 Å². The molecule has 0 fully saturated rings. The van der Waals surface area contributed by atoms with Crippen molar-refractivity contribution in [1.82, 2.24) is 15.2 Å². The van der Waals surface area contributed by atoms with Gasteiger partial charge in [0.2, 0.25) is 0 Å². The number of thiazole rings is 1. The number of nitrogens with zero attached hydrogens (tertiary/aromatic N) is 2. The molecule has 0 spiro atoms. The molecule has 0 atom stereocenters. The van der Waals surface area contributed by atoms with E-state index in [-0.39, 0.29) is 5.91 Å². The van der Waals surface area contributed by atoms with Crippen LogP contribution in [0.25, 0.3) is 10.6 Å². The first-order chi connectivity index (χ1) is 9.66. The molecule has 20 heavy (non-hydrogen) atoms. The first kappa shape index (κ1) is 14.7. The normalized spacial score (nSPS) is 10.8. The highest BCUT2D eigenvalue weighted by Crippen LogP contribution is 2.23. The summed E-state index contributed by atoms with van der Waals surface area (Å²) in [7, 11) is 4.04. The molecule has 1 aromatic heterocycles. The third-order valence-corrected chi connectivity index (χ3v) is 3.72. The first-order valence-corrected chi connectivity index (χ1v) is 7.48. The highest BCUT2D eigenvalue weighted by Gasteiger charge is 2.10. The summed E-state index contributed by atoms with van der Waals surface area (Å²) in [6.07, 6.45) is 0.939. The third-order valence-electron chi connectivity index (χ3n) is 2.83. The molecule has 2 rings (SSSR count). The van der Waals surface area contributed by atoms with Crippen molar-refractivity contribution in [2.24, 2.45) is 0 Å². The van der Waals surface area contributed by atoms with Gasteiger partial charge in [-0.25, -0.2) is 4.98 Å². The Balaban J connectivity index is 1.90. The van der Waals surface area contributed by atoms with E-state index in [4.69, 9.17) is 0 Å². The third kappa shape index (κ3) is 4.15. The molecule has 0 aliphatic heterocycles. The minimum atomic E-state index is -0.0952. The molecule has 1 aromatic carbocycles. The minimum absolute atomic E-state index is 0.0952. The van der Waals surface area contributed by atoms with Gasteiger partial charge in [0, 0.05) is 17.5 Å². The standard InChI is InChI=1S/C15H19N3OS/c1-18(2)10-6-9-16-14(19)13-11-20-15(17-13)12-7-4-3-5-8-12/h3-5,7-8,11H,6,9-10H2,1-2H3,(H,16,19). The van der Waals surface area contributed by atoms with Gasteiger partial charge >= 0.3 is 0 Å². The van der Waals surface area contributed by atoms with Crippen LogP contribution < -0.4 is 5.32 Å². The van der Waals surface area contributed by atoms with Crippen LogP contribution in [0.5, 0.6) is 0 Å². The predicted octanol–water partition coefficient (Wildman–Crippen LogP) is 2.49. The van der Waals surface area contributed by atoms with Gasteiger partial charge in [-0.1, -0.05) is 30.3 Å². The number of carbonyl (C=O) groups is 1. The molecule has 0 radical (unpaired) electrons. The molecule has 0 aliphatic carbocycles. The fourth-order valence-corrected chi connectivity index (χ4v) is 2.59. The number of nitrogens with one attached hydrogen (secondary N) is 1. The van der Waals surface area contributed by atoms with Gasteiger partial charge in [0.05, 0.1) is 0 Å². The second kappa shape index (κ2) is 7.17. The average Bonchev–Trinajstić information content (AvgIpc) is 2.94. The molecule has 4 nitrogen and oxygen atoms in total. The molecule has 0 saturated heterocycles. The topological polar surface area (TPSA) is 45.2 Å². The van der Waals surface area contributed by atoms with Crippen LogP contribution in [0.4, 0.5) is 0 Å². The SMILES string of the molecule is CN(C)CCCNC(=O)c1csc(-c2ccccc2)n1. The monoisotopic (exact) mass is 289 g/mol. The van der Waals surface area contributed by atoms with Crippen LogP contribution in [0.15, 0.2) is 35.7 Å². The molecule has 2 aromatic rings. The Kier molecular flexibility index (Phi) is 5.26. The molecular weight excluding hydrogens is 270 g/mol. The summed E-state index contributed by atoms with van der Waals surface area (Å²) in [5, 5.41) is 5.59. The van der Waals surface area contributed by atoms with Crippen molar-refractivity contribution in [2.75, 3.05) is 27.2 Å². The van der Waals surface area contributed by atoms with Gasteiger partial charge in [-0.3, -0.25) is 4.79 Å². The van der Waals surface area contributed by atoms with Crippen molar-refractivity contribution in [1.29, 1.82) is 0 Å². The van der Waals surface area contributed by atoms with E-state index >= 15 is 0 Å². The smallest absolute Gasteiger partial charge is 0.270 e. The molecule has 1 amide bonds. The number of amides is 1. The van der Waals surface area contributed by atoms with Gasteiger partial charge in [0.1, 0.15) is 10.7 Å². The molecule has 106 valence electrons. The highest BCUT2D eigenvalue weighted by atomic mass is 32.1. The first-order valence-electron chi connectivity index (χ1n) is 6.60. The Bertz CT molecular complexity index is 551. The van der Waals surface area contributed by atoms with Crippen molar-refractivity contribution in [3.05, 3.63) is 41.4 Å². The van der Waals surface area contributed by atoms with Crippen LogP contribution in [0.1, 0.15) is 16.9 Å². The van der Waals surface area contributed by atoms with E-state index in [9.17, 15) is 4.79 Å². The second-order valence-electron chi connectivity index (χ2n) is 4.82. The summed E-state index contributed by atoms with van der Waals surface area (Å²) in [4.78, 5) is 18.4. The summed E-state index contributed by atoms with van der Waals surface area (Å²) in [6, 6.07) is 9.90. The Hall–Kier alpha value is -1.72. The van der Waals surface area contributed by atoms with E-state index in [0.717, 1.165) is 23.5 Å². The van der Waals surface area contributed by atoms with Crippen molar-refractivity contribution < 1.29 is 4.79 Å². The minimum Gasteiger partial charge on any atom is -0.351 e. The van der Waals surface area contributed by atoms with Gasteiger partial charge in [-0.15, -0.1) is 11.3 Å². The molecule has 1 N–H and O–H groups in total. The van der Waals surface area contributed by atoms with E-state index in [1.54, 1.807) is 0 Å². The average molecular weight is 289 g/mol. The molecule has 5 heteroatoms. The second-order valence-corrected chi connectivity index (χ2v) is 5.67. The number of aromatic nitrogens is 1. The molecular formula is C15H19N3OS. The summed E-state index contributed by atoms with van der Waals surface area (Å²) in [5.74, 6) is -0.0952. The highest BCUT2D eigenvalue weighted by molar-refractivity contribution is 7.13. The zero-order valence-corrected chi connectivity index (χ0v) is 12.6. The van der Waals surface area contributed by atoms with E-state index in [2.05, 4.69) is 15.2 Å². The van der Waals surface area contributed by atoms with Crippen LogP contribution >= 0.6 is 11.3 Å². The summed E-state index contributed by atoms with van der Waals surface area (Å²) in [6.45, 7) is 1.64. The zero-order valence-electron chi connectivity index (χ0n) is 11.8. The molecule has 0 unspecified atom stereocenters. The Morgan fingerprint density at radius 2 is 2.05 bits per heavy atom. The lowest BCUT2D eigenvalue weighted by atomic mass is 10.2. The van der Waals surface area contributed by atoms with Crippen LogP contribution in [-0.2, 0) is 0 Å². The van der Waals surface area contributed by atoms with Crippen LogP contribution in [-0.4, -0.2) is 43.0 Å². The lowest BCUT2D eigenvalue weighted by molar-refractivity contribution is 0.0948. The Morgan fingerprint density at radius 1 is 1.30 bits per heavy atom. The summed E-state index contributed by atoms with van der Waals surface area (Å²) in [5.41, 5.74) is 1.54. The largest absolute Gasteiger partial charge is 0.351 e. The molecule has 0 bridgehead atoms. The maximum atomic E-state index is 12.0. The maximum Gasteiger partial charge on any atom is 0.270 e. The fraction of sp³-hybridized carbons (Fsp3) is 0.333. The van der Waals surface area contributed by atoms with Crippen LogP contribution in [0.3, 0.4) is 0 Å². The van der Waals surface area contributed by atoms with Crippen molar-refractivity contribution in [3.63, 3.8) is 0 Å². The Morgan fingerprint density at radius 3 is 2.75 bits per heavy atom. The molecule has 1 heterocycles. The van der Waals surface area contributed by atoms with Crippen LogP contribution in [0.2, 0.25) is 0 Å². The quantitative estimate of drug-likeness (QED) is 0.831. The zero-order chi connectivity index (χ0) is 14.4. The van der Waals surface area contributed by atoms with E-state index in [1.807, 2.05) is 49.8 Å². The van der Waals surface area contributed by atoms with Gasteiger partial charge in [0.25, 0.3) is 5.91 Å². The summed E-state index contributed by atoms with van der Waals surface area (Å²) >= 11 is 1.49. The fourth-order valence-electron chi connectivity index (χ4n) is 1.78. The van der Waals surface area contributed by atoms with Crippen molar-refractivity contribution in [2.45, 2.75) is 6.42 Å². The number of carbonyl (C=O) groups excluding carboxylic acids is 1. The number of hydrogen-bond acceptors (Lipinski definition) is 4. The number of rotatable bonds is 6. The number of hydrogen-bond donors (Lipinski definition) is 1. The number of benzene rings is 1. The summed E-state index contributed by atoms with van der Waals surface area (Å²) < 4.78 is 0. The van der Waals surface area contributed by atoms with Crippen molar-refractivity contribution >= 4 is 17.2 Å². The van der Waals surface area contributed by atoms with Gasteiger partial charge in [-0.05, 0) is 27.1 Å². The van der Waals surface area contributed by atoms with E-state index in [0.29, 0.717) is 12.2 Å². The van der Waals surface area contributed by atoms with Gasteiger partial charge < -0.3 is 10.2 Å². The van der Waals surface area contributed by atoms with Crippen LogP contribution in [0, 0.1) is 0 Å². The maximum absolute atomic E-state index is 12.0. The lowest BCUT2D eigenvalue weighted by Crippen LogP contribution is -2.27.